The minimum absolute atomic E-state index is 0.132. The van der Waals surface area contributed by atoms with Crippen molar-refractivity contribution < 1.29 is 4.79 Å². The molecule has 4 rings (SSSR count). The number of hydrogen-bond donors (Lipinski definition) is 1. The molecular formula is C20H23N5O. The first-order valence-electron chi connectivity index (χ1n) is 9.04. The third kappa shape index (κ3) is 3.60. The number of benzene rings is 1. The molecule has 3 heterocycles. The van der Waals surface area contributed by atoms with E-state index >= 15 is 0 Å². The van der Waals surface area contributed by atoms with Gasteiger partial charge in [0.1, 0.15) is 5.69 Å². The van der Waals surface area contributed by atoms with Crippen LogP contribution in [-0.4, -0.2) is 44.8 Å². The van der Waals surface area contributed by atoms with E-state index in [0.717, 1.165) is 26.1 Å². The monoisotopic (exact) mass is 349 g/mol. The predicted molar refractivity (Wildman–Crippen MR) is 99.9 cm³/mol. The van der Waals surface area contributed by atoms with E-state index in [1.165, 1.54) is 11.1 Å². The summed E-state index contributed by atoms with van der Waals surface area (Å²) in [5, 5.41) is 3.03. The number of imidazole rings is 1. The summed E-state index contributed by atoms with van der Waals surface area (Å²) in [4.78, 5) is 23.2. The number of hydrogen-bond acceptors (Lipinski definition) is 4. The van der Waals surface area contributed by atoms with Gasteiger partial charge in [-0.1, -0.05) is 24.3 Å². The van der Waals surface area contributed by atoms with E-state index in [2.05, 4.69) is 51.4 Å². The Bertz CT molecular complexity index is 886. The van der Waals surface area contributed by atoms with Crippen molar-refractivity contribution in [2.24, 2.45) is 5.92 Å². The maximum Gasteiger partial charge on any atom is 0.271 e. The number of likely N-dealkylation sites (tertiary alicyclic amines) is 1. The van der Waals surface area contributed by atoms with Gasteiger partial charge in [-0.2, -0.15) is 0 Å². The SMILES string of the molecule is Cc1ccccc1CN1CC[C@H](CNC(=O)c2cn3cccnc3n2)C1. The minimum Gasteiger partial charge on any atom is -0.350 e. The number of amides is 1. The molecule has 1 saturated heterocycles. The number of fused-ring (bicyclic) bond motifs is 1. The molecule has 0 saturated carbocycles. The Hall–Kier alpha value is -2.73. The second-order valence-electron chi connectivity index (χ2n) is 6.98. The van der Waals surface area contributed by atoms with Crippen molar-refractivity contribution in [2.75, 3.05) is 19.6 Å². The number of nitrogens with zero attached hydrogens (tertiary/aromatic N) is 4. The molecule has 1 N–H and O–H groups in total. The van der Waals surface area contributed by atoms with Crippen molar-refractivity contribution in [3.05, 3.63) is 65.7 Å². The van der Waals surface area contributed by atoms with Crippen LogP contribution in [0.1, 0.15) is 28.0 Å². The zero-order chi connectivity index (χ0) is 17.9. The van der Waals surface area contributed by atoms with Crippen LogP contribution in [0.3, 0.4) is 0 Å². The second-order valence-corrected chi connectivity index (χ2v) is 6.98. The molecule has 6 nitrogen and oxygen atoms in total. The average Bonchev–Trinajstić information content (AvgIpc) is 3.28. The van der Waals surface area contributed by atoms with E-state index < -0.39 is 0 Å². The van der Waals surface area contributed by atoms with Gasteiger partial charge in [-0.25, -0.2) is 9.97 Å². The number of rotatable bonds is 5. The van der Waals surface area contributed by atoms with Crippen molar-refractivity contribution in [2.45, 2.75) is 19.9 Å². The van der Waals surface area contributed by atoms with Crippen molar-refractivity contribution in [1.82, 2.24) is 24.6 Å². The Morgan fingerprint density at radius 2 is 2.19 bits per heavy atom. The molecule has 1 aliphatic heterocycles. The fraction of sp³-hybridized carbons (Fsp3) is 0.350. The van der Waals surface area contributed by atoms with Gasteiger partial charge in [-0.3, -0.25) is 14.1 Å². The Labute approximate surface area is 152 Å². The van der Waals surface area contributed by atoms with E-state index in [9.17, 15) is 4.79 Å². The van der Waals surface area contributed by atoms with E-state index in [0.29, 0.717) is 23.9 Å². The summed E-state index contributed by atoms with van der Waals surface area (Å²) in [6, 6.07) is 10.3. The predicted octanol–water partition coefficient (Wildman–Crippen LogP) is 2.29. The van der Waals surface area contributed by atoms with Crippen LogP contribution in [0.2, 0.25) is 0 Å². The quantitative estimate of drug-likeness (QED) is 0.768. The fourth-order valence-electron chi connectivity index (χ4n) is 3.52. The van der Waals surface area contributed by atoms with Crippen LogP contribution in [0.25, 0.3) is 5.78 Å². The molecule has 3 aromatic rings. The molecule has 0 radical (unpaired) electrons. The van der Waals surface area contributed by atoms with Gasteiger partial charge in [0, 0.05) is 38.2 Å². The summed E-state index contributed by atoms with van der Waals surface area (Å²) >= 11 is 0. The molecule has 1 amide bonds. The van der Waals surface area contributed by atoms with Gasteiger partial charge < -0.3 is 5.32 Å². The second kappa shape index (κ2) is 7.25. The number of aryl methyl sites for hydroxylation is 1. The highest BCUT2D eigenvalue weighted by atomic mass is 16.1. The summed E-state index contributed by atoms with van der Waals surface area (Å²) in [6.45, 7) is 5.92. The topological polar surface area (TPSA) is 62.5 Å². The highest BCUT2D eigenvalue weighted by Gasteiger charge is 2.23. The first-order valence-corrected chi connectivity index (χ1v) is 9.04. The van der Waals surface area contributed by atoms with Crippen LogP contribution in [-0.2, 0) is 6.54 Å². The third-order valence-electron chi connectivity index (χ3n) is 5.04. The molecule has 0 aliphatic carbocycles. The number of nitrogens with one attached hydrogen (secondary N) is 1. The van der Waals surface area contributed by atoms with Crippen molar-refractivity contribution in [3.63, 3.8) is 0 Å². The molecule has 1 aliphatic rings. The Morgan fingerprint density at radius 3 is 3.04 bits per heavy atom. The van der Waals surface area contributed by atoms with E-state index in [1.54, 1.807) is 16.8 Å². The van der Waals surface area contributed by atoms with Crippen LogP contribution in [0.5, 0.6) is 0 Å². The van der Waals surface area contributed by atoms with E-state index in [1.807, 2.05) is 12.3 Å². The van der Waals surface area contributed by atoms with Crippen molar-refractivity contribution >= 4 is 11.7 Å². The fourth-order valence-corrected chi connectivity index (χ4v) is 3.52. The molecule has 0 unspecified atom stereocenters. The lowest BCUT2D eigenvalue weighted by molar-refractivity contribution is 0.0943. The summed E-state index contributed by atoms with van der Waals surface area (Å²) in [5.41, 5.74) is 3.14. The maximum atomic E-state index is 12.4. The highest BCUT2D eigenvalue weighted by molar-refractivity contribution is 5.92. The maximum absolute atomic E-state index is 12.4. The van der Waals surface area contributed by atoms with E-state index in [4.69, 9.17) is 0 Å². The van der Waals surface area contributed by atoms with Gasteiger partial charge in [0.15, 0.2) is 0 Å². The minimum atomic E-state index is -0.132. The Morgan fingerprint density at radius 1 is 1.31 bits per heavy atom. The number of aromatic nitrogens is 3. The zero-order valence-electron chi connectivity index (χ0n) is 14.9. The number of carbonyl (C=O) groups is 1. The van der Waals surface area contributed by atoms with Gasteiger partial charge in [0.25, 0.3) is 5.91 Å². The van der Waals surface area contributed by atoms with Crippen LogP contribution in [0.15, 0.2) is 48.9 Å². The molecule has 1 aromatic carbocycles. The molecule has 6 heteroatoms. The molecule has 0 bridgehead atoms. The average molecular weight is 349 g/mol. The van der Waals surface area contributed by atoms with Crippen molar-refractivity contribution in [3.8, 4) is 0 Å². The van der Waals surface area contributed by atoms with Gasteiger partial charge in [-0.15, -0.1) is 0 Å². The lowest BCUT2D eigenvalue weighted by atomic mass is 10.1. The standard InChI is InChI=1S/C20H23N5O/c1-15-5-2-3-6-17(15)13-24-10-7-16(12-24)11-22-19(26)18-14-25-9-4-8-21-20(25)23-18/h2-6,8-9,14,16H,7,10-13H2,1H3,(H,22,26)/t16-/m1/s1. The van der Waals surface area contributed by atoms with Crippen LogP contribution >= 0.6 is 0 Å². The Kier molecular flexibility index (Phi) is 4.67. The van der Waals surface area contributed by atoms with E-state index in [-0.39, 0.29) is 5.91 Å². The summed E-state index contributed by atoms with van der Waals surface area (Å²) in [7, 11) is 0. The van der Waals surface area contributed by atoms with Crippen LogP contribution in [0, 0.1) is 12.8 Å². The van der Waals surface area contributed by atoms with Crippen molar-refractivity contribution in [1.29, 1.82) is 0 Å². The molecular weight excluding hydrogens is 326 g/mol. The van der Waals surface area contributed by atoms with Crippen LogP contribution < -0.4 is 5.32 Å². The molecule has 2 aromatic heterocycles. The van der Waals surface area contributed by atoms with Gasteiger partial charge in [-0.05, 0) is 43.0 Å². The first kappa shape index (κ1) is 16.7. The largest absolute Gasteiger partial charge is 0.350 e. The molecule has 1 fully saturated rings. The molecule has 0 spiro atoms. The third-order valence-corrected chi connectivity index (χ3v) is 5.04. The zero-order valence-corrected chi connectivity index (χ0v) is 14.9. The summed E-state index contributed by atoms with van der Waals surface area (Å²) in [5.74, 6) is 0.897. The first-order chi connectivity index (χ1) is 12.7. The molecule has 134 valence electrons. The lowest BCUT2D eigenvalue weighted by Gasteiger charge is -2.17. The normalized spacial score (nSPS) is 17.7. The molecule has 26 heavy (non-hydrogen) atoms. The highest BCUT2D eigenvalue weighted by Crippen LogP contribution is 2.19. The smallest absolute Gasteiger partial charge is 0.271 e. The van der Waals surface area contributed by atoms with Gasteiger partial charge >= 0.3 is 0 Å². The van der Waals surface area contributed by atoms with Gasteiger partial charge in [0.2, 0.25) is 5.78 Å². The van der Waals surface area contributed by atoms with Crippen LogP contribution in [0.4, 0.5) is 0 Å². The lowest BCUT2D eigenvalue weighted by Crippen LogP contribution is -2.31. The molecule has 1 atom stereocenters. The Balaban J connectivity index is 1.30. The summed E-state index contributed by atoms with van der Waals surface area (Å²) in [6.07, 6.45) is 6.34. The number of carbonyl (C=O) groups excluding carboxylic acids is 1. The summed E-state index contributed by atoms with van der Waals surface area (Å²) < 4.78 is 1.76. The van der Waals surface area contributed by atoms with Gasteiger partial charge in [0.05, 0.1) is 0 Å².